The average Bonchev–Trinajstić information content (AvgIpc) is 2.87. The van der Waals surface area contributed by atoms with Gasteiger partial charge in [-0.25, -0.2) is 0 Å². The second-order valence-electron chi connectivity index (χ2n) is 8.39. The quantitative estimate of drug-likeness (QED) is 0.215. The lowest BCUT2D eigenvalue weighted by Crippen LogP contribution is -2.48. The second kappa shape index (κ2) is 10.3. The smallest absolute Gasteiger partial charge is 0.228 e. The van der Waals surface area contributed by atoms with E-state index in [1.165, 1.54) is 13.2 Å². The van der Waals surface area contributed by atoms with Gasteiger partial charge in [-0.1, -0.05) is 78.9 Å². The molecule has 172 valence electrons. The van der Waals surface area contributed by atoms with Crippen LogP contribution in [0.5, 0.6) is 5.75 Å². The van der Waals surface area contributed by atoms with Crippen molar-refractivity contribution in [2.75, 3.05) is 7.11 Å². The molecule has 34 heavy (non-hydrogen) atoms. The Morgan fingerprint density at radius 2 is 1.56 bits per heavy atom. The first-order valence-corrected chi connectivity index (χ1v) is 11.1. The van der Waals surface area contributed by atoms with Crippen molar-refractivity contribution in [3.05, 3.63) is 118 Å². The second-order valence-corrected chi connectivity index (χ2v) is 8.39. The van der Waals surface area contributed by atoms with Crippen molar-refractivity contribution in [2.45, 2.75) is 24.3 Å². The number of hydrogen-bond acceptors (Lipinski definition) is 5. The van der Waals surface area contributed by atoms with Gasteiger partial charge in [0.15, 0.2) is 5.78 Å². The molecule has 1 aliphatic rings. The van der Waals surface area contributed by atoms with E-state index in [1.54, 1.807) is 54.6 Å². The first kappa shape index (κ1) is 23.1. The molecule has 3 aromatic rings. The molecule has 1 aliphatic carbocycles. The van der Waals surface area contributed by atoms with Crippen LogP contribution >= 0.6 is 0 Å². The fourth-order valence-corrected chi connectivity index (χ4v) is 4.80. The molecule has 3 aromatic carbocycles. The van der Waals surface area contributed by atoms with Crippen LogP contribution in [-0.2, 0) is 9.59 Å². The third-order valence-corrected chi connectivity index (χ3v) is 6.43. The van der Waals surface area contributed by atoms with Crippen molar-refractivity contribution in [3.8, 4) is 5.75 Å². The highest BCUT2D eigenvalue weighted by Gasteiger charge is 2.53. The van der Waals surface area contributed by atoms with Gasteiger partial charge in [-0.15, -0.1) is 0 Å². The first-order valence-electron chi connectivity index (χ1n) is 11.1. The lowest BCUT2D eigenvalue weighted by Gasteiger charge is -2.36. The molecule has 6 heteroatoms. The van der Waals surface area contributed by atoms with Gasteiger partial charge in [-0.2, -0.15) is 0 Å². The summed E-state index contributed by atoms with van der Waals surface area (Å²) in [5.41, 5.74) is 2.11. The average molecular weight is 456 g/mol. The number of nitrogens with zero attached hydrogens (tertiary/aromatic N) is 1. The Balaban J connectivity index is 1.78. The van der Waals surface area contributed by atoms with Gasteiger partial charge in [0.25, 0.3) is 0 Å². The minimum Gasteiger partial charge on any atom is -0.497 e. The summed E-state index contributed by atoms with van der Waals surface area (Å²) >= 11 is 0. The van der Waals surface area contributed by atoms with Crippen molar-refractivity contribution >= 4 is 17.6 Å². The van der Waals surface area contributed by atoms with Crippen LogP contribution in [0.15, 0.2) is 91.0 Å². The predicted octanol–water partition coefficient (Wildman–Crippen LogP) is 5.08. The molecule has 4 rings (SSSR count). The first-order chi connectivity index (χ1) is 16.5. The SMILES string of the molecule is COc1ccc([C@H]2C(C(=O)/C=C/c3ccccc3)C(=O)C[C@H](c3ccccc3)[C@@H]2[N+](=O)[O-])cc1. The zero-order chi connectivity index (χ0) is 24.1. The van der Waals surface area contributed by atoms with Crippen LogP contribution in [0.4, 0.5) is 0 Å². The number of hydrogen-bond donors (Lipinski definition) is 0. The molecule has 1 fully saturated rings. The fraction of sp³-hybridized carbons (Fsp3) is 0.214. The summed E-state index contributed by atoms with van der Waals surface area (Å²) in [7, 11) is 1.53. The van der Waals surface area contributed by atoms with Gasteiger partial charge in [0.1, 0.15) is 11.5 Å². The van der Waals surface area contributed by atoms with Gasteiger partial charge in [-0.3, -0.25) is 19.7 Å². The number of allylic oxidation sites excluding steroid dienone is 1. The topological polar surface area (TPSA) is 86.5 Å². The van der Waals surface area contributed by atoms with Crippen LogP contribution in [0.3, 0.4) is 0 Å². The number of Topliss-reactive ketones (excluding diaryl/α,β-unsaturated/α-hetero) is 1. The Hall–Kier alpha value is -4.06. The van der Waals surface area contributed by atoms with E-state index in [0.29, 0.717) is 11.3 Å². The molecule has 1 saturated carbocycles. The monoisotopic (exact) mass is 455 g/mol. The molecule has 0 N–H and O–H groups in total. The predicted molar refractivity (Wildman–Crippen MR) is 129 cm³/mol. The number of ether oxygens (including phenoxy) is 1. The van der Waals surface area contributed by atoms with E-state index in [1.807, 2.05) is 36.4 Å². The Morgan fingerprint density at radius 1 is 0.941 bits per heavy atom. The molecular weight excluding hydrogens is 430 g/mol. The Labute approximate surface area is 198 Å². The summed E-state index contributed by atoms with van der Waals surface area (Å²) < 4.78 is 5.23. The zero-order valence-electron chi connectivity index (χ0n) is 18.7. The van der Waals surface area contributed by atoms with Crippen molar-refractivity contribution in [3.63, 3.8) is 0 Å². The van der Waals surface area contributed by atoms with Crippen molar-refractivity contribution in [2.24, 2.45) is 5.92 Å². The number of methoxy groups -OCH3 is 1. The molecule has 6 nitrogen and oxygen atoms in total. The van der Waals surface area contributed by atoms with Crippen LogP contribution in [0.2, 0.25) is 0 Å². The van der Waals surface area contributed by atoms with E-state index in [-0.39, 0.29) is 17.1 Å². The number of rotatable bonds is 7. The number of carbonyl (C=O) groups excluding carboxylic acids is 2. The van der Waals surface area contributed by atoms with Crippen molar-refractivity contribution in [1.82, 2.24) is 0 Å². The highest BCUT2D eigenvalue weighted by molar-refractivity contribution is 6.10. The van der Waals surface area contributed by atoms with Crippen LogP contribution in [-0.4, -0.2) is 29.6 Å². The molecule has 0 radical (unpaired) electrons. The van der Waals surface area contributed by atoms with Gasteiger partial charge in [0, 0.05) is 11.3 Å². The van der Waals surface area contributed by atoms with Gasteiger partial charge < -0.3 is 4.74 Å². The van der Waals surface area contributed by atoms with E-state index < -0.39 is 29.6 Å². The number of nitro groups is 1. The molecular formula is C28H25NO5. The summed E-state index contributed by atoms with van der Waals surface area (Å²) in [6, 6.07) is 24.0. The summed E-state index contributed by atoms with van der Waals surface area (Å²) in [6.07, 6.45) is 2.96. The van der Waals surface area contributed by atoms with Gasteiger partial charge in [0.05, 0.1) is 24.9 Å². The Morgan fingerprint density at radius 3 is 2.15 bits per heavy atom. The van der Waals surface area contributed by atoms with Gasteiger partial charge in [-0.05, 0) is 34.9 Å². The molecule has 0 aromatic heterocycles. The standard InChI is InChI=1S/C28H25NO5/c1-34-22-15-13-21(14-16-22)26-27(24(30)17-12-19-8-4-2-5-9-19)25(31)18-23(28(26)29(32)33)20-10-6-3-7-11-20/h2-17,23,26-28H,18H2,1H3/b17-12+/t23-,26+,27?,28+/m1/s1. The van der Waals surface area contributed by atoms with Gasteiger partial charge in [0.2, 0.25) is 6.04 Å². The summed E-state index contributed by atoms with van der Waals surface area (Å²) in [4.78, 5) is 38.9. The van der Waals surface area contributed by atoms with Crippen LogP contribution in [0.25, 0.3) is 6.08 Å². The third-order valence-electron chi connectivity index (χ3n) is 6.43. The third kappa shape index (κ3) is 4.81. The highest BCUT2D eigenvalue weighted by Crippen LogP contribution is 2.45. The number of benzene rings is 3. The van der Waals surface area contributed by atoms with Crippen molar-refractivity contribution in [1.29, 1.82) is 0 Å². The molecule has 0 spiro atoms. The van der Waals surface area contributed by atoms with Crippen LogP contribution < -0.4 is 4.74 Å². The van der Waals surface area contributed by atoms with Crippen LogP contribution in [0, 0.1) is 16.0 Å². The Bertz CT molecular complexity index is 1190. The normalized spacial score (nSPS) is 22.4. The highest BCUT2D eigenvalue weighted by atomic mass is 16.6. The van der Waals surface area contributed by atoms with Crippen molar-refractivity contribution < 1.29 is 19.2 Å². The van der Waals surface area contributed by atoms with Crippen LogP contribution in [0.1, 0.15) is 34.9 Å². The summed E-state index contributed by atoms with van der Waals surface area (Å²) in [6.45, 7) is 0. The minimum atomic E-state index is -1.14. The lowest BCUT2D eigenvalue weighted by molar-refractivity contribution is -0.533. The number of ketones is 2. The summed E-state index contributed by atoms with van der Waals surface area (Å²) in [5.74, 6) is -2.78. The molecule has 1 unspecified atom stereocenters. The zero-order valence-corrected chi connectivity index (χ0v) is 18.7. The fourth-order valence-electron chi connectivity index (χ4n) is 4.80. The maximum absolute atomic E-state index is 13.4. The molecule has 0 bridgehead atoms. The molecule has 0 heterocycles. The van der Waals surface area contributed by atoms with E-state index in [9.17, 15) is 19.7 Å². The Kier molecular flexibility index (Phi) is 6.97. The molecule has 4 atom stereocenters. The maximum Gasteiger partial charge on any atom is 0.228 e. The van der Waals surface area contributed by atoms with E-state index in [2.05, 4.69) is 0 Å². The minimum absolute atomic E-state index is 0.0576. The largest absolute Gasteiger partial charge is 0.497 e. The number of carbonyl (C=O) groups is 2. The lowest BCUT2D eigenvalue weighted by atomic mass is 9.64. The van der Waals surface area contributed by atoms with E-state index in [4.69, 9.17) is 4.74 Å². The maximum atomic E-state index is 13.4. The molecule has 0 aliphatic heterocycles. The van der Waals surface area contributed by atoms with Gasteiger partial charge >= 0.3 is 0 Å². The molecule has 0 saturated heterocycles. The van der Waals surface area contributed by atoms with E-state index >= 15 is 0 Å². The molecule has 0 amide bonds. The van der Waals surface area contributed by atoms with E-state index in [0.717, 1.165) is 11.1 Å². The summed E-state index contributed by atoms with van der Waals surface area (Å²) in [5, 5.41) is 12.4.